The molecular formula is C2HCl3NaPt. The van der Waals surface area contributed by atoms with Crippen LogP contribution in [0.5, 0.6) is 0 Å². The van der Waals surface area contributed by atoms with E-state index < -0.39 is 0 Å². The van der Waals surface area contributed by atoms with Crippen molar-refractivity contribution in [3.05, 3.63) is 10.0 Å². The first-order valence-electron chi connectivity index (χ1n) is 0.885. The van der Waals surface area contributed by atoms with E-state index in [1.807, 2.05) is 0 Å². The van der Waals surface area contributed by atoms with Crippen LogP contribution in [0.25, 0.3) is 0 Å². The molecule has 0 atom stereocenters. The molecule has 0 unspecified atom stereocenters. The molecule has 0 aromatic rings. The molecule has 0 fully saturated rings. The van der Waals surface area contributed by atoms with Crippen molar-refractivity contribution >= 4 is 64.4 Å². The Bertz CT molecular complexity index is 50.9. The van der Waals surface area contributed by atoms with Crippen LogP contribution in [0.15, 0.2) is 10.0 Å². The van der Waals surface area contributed by atoms with E-state index in [1.54, 1.807) is 0 Å². The molecular weight excluding hydrogens is 348 g/mol. The largest absolute Gasteiger partial charge is 0.118 e. The summed E-state index contributed by atoms with van der Waals surface area (Å²) in [6.45, 7) is 0. The summed E-state index contributed by atoms with van der Waals surface area (Å²) in [4.78, 5) is 0. The summed E-state index contributed by atoms with van der Waals surface area (Å²) in [6, 6.07) is 0. The van der Waals surface area contributed by atoms with Gasteiger partial charge in [0.2, 0.25) is 0 Å². The maximum atomic E-state index is 4.96. The van der Waals surface area contributed by atoms with Crippen molar-refractivity contribution in [3.8, 4) is 0 Å². The summed E-state index contributed by atoms with van der Waals surface area (Å²) in [5.74, 6) is 0. The first kappa shape index (κ1) is 16.1. The van der Waals surface area contributed by atoms with Gasteiger partial charge in [-0.15, -0.1) is 0 Å². The second kappa shape index (κ2) is 11.1. The van der Waals surface area contributed by atoms with Gasteiger partial charge in [0.25, 0.3) is 0 Å². The molecule has 0 heterocycles. The van der Waals surface area contributed by atoms with E-state index in [1.165, 1.54) is 0 Å². The van der Waals surface area contributed by atoms with Crippen molar-refractivity contribution in [1.82, 2.24) is 0 Å². The van der Waals surface area contributed by atoms with Crippen molar-refractivity contribution in [2.75, 3.05) is 0 Å². The summed E-state index contributed by atoms with van der Waals surface area (Å²) in [6.07, 6.45) is 0. The van der Waals surface area contributed by atoms with Crippen LogP contribution in [0.4, 0.5) is 0 Å². The minimum Gasteiger partial charge on any atom is -0.0904 e. The Morgan fingerprint density at radius 3 is 1.43 bits per heavy atom. The minimum absolute atomic E-state index is 0. The number of halogens is 3. The summed E-state index contributed by atoms with van der Waals surface area (Å²) in [5, 5.41) is 0. The fourth-order valence-electron chi connectivity index (χ4n) is 0. The van der Waals surface area contributed by atoms with Gasteiger partial charge in [0.05, 0.1) is 0 Å². The third-order valence-electron chi connectivity index (χ3n) is 0.0825. The molecule has 0 N–H and O–H groups in total. The molecule has 0 saturated heterocycles. The molecule has 0 aliphatic heterocycles. The van der Waals surface area contributed by atoms with Gasteiger partial charge < -0.3 is 0 Å². The molecule has 0 aliphatic carbocycles. The second-order valence-corrected chi connectivity index (χ2v) is 1.62. The molecule has 0 aliphatic rings. The van der Waals surface area contributed by atoms with E-state index in [4.69, 9.17) is 34.8 Å². The van der Waals surface area contributed by atoms with Crippen LogP contribution in [0.3, 0.4) is 0 Å². The van der Waals surface area contributed by atoms with E-state index in [0.29, 0.717) is 0 Å². The molecule has 0 rings (SSSR count). The number of rotatable bonds is 0. The molecule has 0 saturated carbocycles. The SMILES string of the molecule is ClC=C(Cl)Cl.[Na].[Pt]. The summed E-state index contributed by atoms with van der Waals surface area (Å²) in [5.41, 5.74) is 1.09. The van der Waals surface area contributed by atoms with Crippen molar-refractivity contribution in [1.29, 1.82) is 0 Å². The van der Waals surface area contributed by atoms with Crippen molar-refractivity contribution in [2.45, 2.75) is 0 Å². The molecule has 5 heteroatoms. The zero-order valence-electron chi connectivity index (χ0n) is 3.53. The van der Waals surface area contributed by atoms with Crippen molar-refractivity contribution in [2.24, 2.45) is 0 Å². The average molecular weight is 349 g/mol. The van der Waals surface area contributed by atoms with Crippen molar-refractivity contribution < 1.29 is 21.1 Å². The Hall–Kier alpha value is 2.30. The van der Waals surface area contributed by atoms with E-state index in [2.05, 4.69) is 0 Å². The Kier molecular flexibility index (Phi) is 25.7. The fourth-order valence-corrected chi connectivity index (χ4v) is 0. The van der Waals surface area contributed by atoms with Gasteiger partial charge in [-0.1, -0.05) is 34.8 Å². The van der Waals surface area contributed by atoms with Gasteiger partial charge >= 0.3 is 0 Å². The van der Waals surface area contributed by atoms with Crippen LogP contribution < -0.4 is 0 Å². The monoisotopic (exact) mass is 348 g/mol. The molecule has 0 amide bonds. The molecule has 41 valence electrons. The molecule has 0 nitrogen and oxygen atoms in total. The first-order valence-corrected chi connectivity index (χ1v) is 2.08. The Labute approximate surface area is 94.1 Å². The van der Waals surface area contributed by atoms with Crippen LogP contribution in [-0.2, 0) is 21.1 Å². The second-order valence-electron chi connectivity index (χ2n) is 0.399. The Balaban J connectivity index is -0.0000000800. The van der Waals surface area contributed by atoms with Crippen LogP contribution >= 0.6 is 34.8 Å². The van der Waals surface area contributed by atoms with Crippen LogP contribution in [0, 0.1) is 0 Å². The summed E-state index contributed by atoms with van der Waals surface area (Å²) >= 11 is 14.8. The van der Waals surface area contributed by atoms with Gasteiger partial charge in [-0.05, 0) is 0 Å². The first-order chi connectivity index (χ1) is 2.27. The maximum absolute atomic E-state index is 4.96. The smallest absolute Gasteiger partial charge is 0.0904 e. The predicted octanol–water partition coefficient (Wildman–Crippen LogP) is 2.12. The number of hydrogen-bond acceptors (Lipinski definition) is 0. The topological polar surface area (TPSA) is 0 Å². The molecule has 0 aromatic heterocycles. The van der Waals surface area contributed by atoms with Gasteiger partial charge in [0.15, 0.2) is 0 Å². The minimum atomic E-state index is 0. The normalized spacial score (nSPS) is 5.00. The molecule has 0 bridgehead atoms. The molecule has 0 spiro atoms. The van der Waals surface area contributed by atoms with Crippen molar-refractivity contribution in [3.63, 3.8) is 0 Å². The molecule has 7 heavy (non-hydrogen) atoms. The van der Waals surface area contributed by atoms with E-state index in [9.17, 15) is 0 Å². The van der Waals surface area contributed by atoms with Gasteiger partial charge in [-0.25, -0.2) is 0 Å². The average Bonchev–Trinajstić information content (AvgIpc) is 1.38. The molecule has 1 radical (unpaired) electrons. The van der Waals surface area contributed by atoms with Crippen LogP contribution in [0.2, 0.25) is 0 Å². The maximum Gasteiger partial charge on any atom is 0.118 e. The van der Waals surface area contributed by atoms with Crippen LogP contribution in [0.1, 0.15) is 0 Å². The van der Waals surface area contributed by atoms with E-state index >= 15 is 0 Å². The zero-order chi connectivity index (χ0) is 4.28. The standard InChI is InChI=1S/C2HCl3.Na.Pt/c3-1-2(4)5;;/h1H;;. The Morgan fingerprint density at radius 2 is 1.43 bits per heavy atom. The van der Waals surface area contributed by atoms with Gasteiger partial charge in [-0.2, -0.15) is 0 Å². The Morgan fingerprint density at radius 1 is 1.29 bits per heavy atom. The zero-order valence-corrected chi connectivity index (χ0v) is 10.1. The van der Waals surface area contributed by atoms with Gasteiger partial charge in [-0.3, -0.25) is 0 Å². The predicted molar refractivity (Wildman–Crippen MR) is 31.4 cm³/mol. The van der Waals surface area contributed by atoms with Crippen LogP contribution in [-0.4, -0.2) is 29.6 Å². The number of hydrogen-bond donors (Lipinski definition) is 0. The van der Waals surface area contributed by atoms with Gasteiger partial charge in [0, 0.05) is 56.2 Å². The van der Waals surface area contributed by atoms with E-state index in [-0.39, 0.29) is 55.1 Å². The molecule has 0 aromatic carbocycles. The van der Waals surface area contributed by atoms with E-state index in [0.717, 1.165) is 5.54 Å². The third kappa shape index (κ3) is 17.8. The van der Waals surface area contributed by atoms with Gasteiger partial charge in [0.1, 0.15) is 4.49 Å². The quantitative estimate of drug-likeness (QED) is 0.588. The third-order valence-corrected chi connectivity index (χ3v) is 0.742. The fraction of sp³-hybridized carbons (Fsp3) is 0. The summed E-state index contributed by atoms with van der Waals surface area (Å²) in [7, 11) is 0. The summed E-state index contributed by atoms with van der Waals surface area (Å²) < 4.78 is 0.0895.